The Morgan fingerprint density at radius 1 is 1.61 bits per heavy atom. The molecular weight excluding hydrogens is 268 g/mol. The van der Waals surface area contributed by atoms with Crippen LogP contribution in [0.5, 0.6) is 0 Å². The molecule has 1 aliphatic rings. The third kappa shape index (κ3) is 2.18. The maximum Gasteiger partial charge on any atom is 0.110 e. The molecule has 0 aliphatic carbocycles. The lowest BCUT2D eigenvalue weighted by Crippen LogP contribution is -2.23. The van der Waals surface area contributed by atoms with E-state index in [1.807, 2.05) is 18.5 Å². The molecule has 0 amide bonds. The van der Waals surface area contributed by atoms with E-state index in [0.29, 0.717) is 6.04 Å². The zero-order valence-electron chi connectivity index (χ0n) is 10.2. The van der Waals surface area contributed by atoms with E-state index in [2.05, 4.69) is 20.1 Å². The molecule has 4 nitrogen and oxygen atoms in total. The number of halogens is 1. The maximum absolute atomic E-state index is 6.23. The van der Waals surface area contributed by atoms with Crippen molar-refractivity contribution in [3.63, 3.8) is 0 Å². The van der Waals surface area contributed by atoms with Crippen LogP contribution in [-0.2, 0) is 6.54 Å². The zero-order chi connectivity index (χ0) is 12.5. The Morgan fingerprint density at radius 2 is 2.50 bits per heavy atom. The van der Waals surface area contributed by atoms with Crippen LogP contribution < -0.4 is 0 Å². The summed E-state index contributed by atoms with van der Waals surface area (Å²) in [4.78, 5) is 6.85. The molecule has 96 valence electrons. The minimum Gasteiger partial charge on any atom is -0.288 e. The van der Waals surface area contributed by atoms with Gasteiger partial charge in [0.25, 0.3) is 0 Å². The summed E-state index contributed by atoms with van der Waals surface area (Å²) in [6, 6.07) is 0.429. The summed E-state index contributed by atoms with van der Waals surface area (Å²) in [6.45, 7) is 3.83. The van der Waals surface area contributed by atoms with Crippen LogP contribution in [0.2, 0.25) is 5.02 Å². The summed E-state index contributed by atoms with van der Waals surface area (Å²) >= 11 is 7.96. The minimum atomic E-state index is 0.429. The monoisotopic (exact) mass is 282 g/mol. The van der Waals surface area contributed by atoms with Crippen molar-refractivity contribution < 1.29 is 0 Å². The van der Waals surface area contributed by atoms with Gasteiger partial charge in [0.1, 0.15) is 5.01 Å². The van der Waals surface area contributed by atoms with E-state index in [1.165, 1.54) is 17.8 Å². The molecule has 0 saturated carbocycles. The number of hydrogen-bond acceptors (Lipinski definition) is 4. The van der Waals surface area contributed by atoms with Gasteiger partial charge in [-0.25, -0.2) is 4.98 Å². The van der Waals surface area contributed by atoms with Gasteiger partial charge in [0.05, 0.1) is 22.5 Å². The summed E-state index contributed by atoms with van der Waals surface area (Å²) in [5.41, 5.74) is 1.88. The number of aromatic nitrogens is 3. The smallest absolute Gasteiger partial charge is 0.110 e. The van der Waals surface area contributed by atoms with Gasteiger partial charge >= 0.3 is 0 Å². The lowest BCUT2D eigenvalue weighted by Gasteiger charge is -2.21. The number of aromatic amines is 1. The van der Waals surface area contributed by atoms with Gasteiger partial charge in [0.15, 0.2) is 0 Å². The first-order chi connectivity index (χ1) is 8.75. The van der Waals surface area contributed by atoms with E-state index in [1.54, 1.807) is 11.3 Å². The molecule has 0 radical (unpaired) electrons. The topological polar surface area (TPSA) is 44.8 Å². The van der Waals surface area contributed by atoms with Crippen molar-refractivity contribution in [1.29, 1.82) is 0 Å². The zero-order valence-corrected chi connectivity index (χ0v) is 11.8. The second-order valence-corrected chi connectivity index (χ2v) is 5.91. The highest BCUT2D eigenvalue weighted by atomic mass is 35.5. The van der Waals surface area contributed by atoms with E-state index < -0.39 is 0 Å². The van der Waals surface area contributed by atoms with Crippen molar-refractivity contribution >= 4 is 22.9 Å². The van der Waals surface area contributed by atoms with Crippen LogP contribution >= 0.6 is 22.9 Å². The van der Waals surface area contributed by atoms with E-state index >= 15 is 0 Å². The fourth-order valence-corrected chi connectivity index (χ4v) is 3.41. The van der Waals surface area contributed by atoms with Gasteiger partial charge in [0, 0.05) is 18.1 Å². The number of hydrogen-bond donors (Lipinski definition) is 1. The number of likely N-dealkylation sites (tertiary alicyclic amines) is 1. The first-order valence-corrected chi connectivity index (χ1v) is 7.34. The average molecular weight is 283 g/mol. The highest BCUT2D eigenvalue weighted by molar-refractivity contribution is 7.09. The van der Waals surface area contributed by atoms with E-state index in [-0.39, 0.29) is 0 Å². The minimum absolute atomic E-state index is 0.429. The van der Waals surface area contributed by atoms with Crippen LogP contribution in [0.1, 0.15) is 35.3 Å². The van der Waals surface area contributed by atoms with Gasteiger partial charge in [-0.1, -0.05) is 11.6 Å². The second-order valence-electron chi connectivity index (χ2n) is 4.61. The largest absolute Gasteiger partial charge is 0.288 e. The number of nitrogens with zero attached hydrogens (tertiary/aromatic N) is 3. The molecule has 0 bridgehead atoms. The molecule has 1 atom stereocenters. The summed E-state index contributed by atoms with van der Waals surface area (Å²) in [5, 5.41) is 11.2. The second kappa shape index (κ2) is 4.99. The molecule has 6 heteroatoms. The molecule has 0 spiro atoms. The quantitative estimate of drug-likeness (QED) is 0.940. The summed E-state index contributed by atoms with van der Waals surface area (Å²) in [5.74, 6) is 0. The van der Waals surface area contributed by atoms with Gasteiger partial charge < -0.3 is 0 Å². The number of rotatable bonds is 3. The number of H-pyrrole nitrogens is 1. The van der Waals surface area contributed by atoms with Gasteiger partial charge in [-0.15, -0.1) is 11.3 Å². The highest BCUT2D eigenvalue weighted by Crippen LogP contribution is 2.34. The van der Waals surface area contributed by atoms with E-state index in [9.17, 15) is 0 Å². The predicted molar refractivity (Wildman–Crippen MR) is 72.8 cm³/mol. The molecule has 18 heavy (non-hydrogen) atoms. The Labute approximate surface area is 115 Å². The summed E-state index contributed by atoms with van der Waals surface area (Å²) in [6.07, 6.45) is 4.27. The van der Waals surface area contributed by atoms with Gasteiger partial charge in [0.2, 0.25) is 0 Å². The molecule has 2 aromatic heterocycles. The molecule has 3 heterocycles. The van der Waals surface area contributed by atoms with E-state index in [4.69, 9.17) is 11.6 Å². The first kappa shape index (κ1) is 12.1. The van der Waals surface area contributed by atoms with Gasteiger partial charge in [-0.3, -0.25) is 10.00 Å². The third-order valence-corrected chi connectivity index (χ3v) is 4.77. The maximum atomic E-state index is 6.23. The lowest BCUT2D eigenvalue weighted by molar-refractivity contribution is 0.245. The highest BCUT2D eigenvalue weighted by Gasteiger charge is 2.28. The Morgan fingerprint density at radius 3 is 3.17 bits per heavy atom. The van der Waals surface area contributed by atoms with Crippen molar-refractivity contribution in [2.24, 2.45) is 0 Å². The van der Waals surface area contributed by atoms with Crippen molar-refractivity contribution in [3.8, 4) is 0 Å². The van der Waals surface area contributed by atoms with Crippen molar-refractivity contribution in [2.75, 3.05) is 6.54 Å². The SMILES string of the molecule is Cc1[nH]nc(CN2CCCC2c2nccs2)c1Cl. The van der Waals surface area contributed by atoms with Crippen molar-refractivity contribution in [2.45, 2.75) is 32.4 Å². The molecule has 2 aromatic rings. The Bertz CT molecular complexity index is 522. The Kier molecular flexibility index (Phi) is 3.37. The number of thiazole rings is 1. The molecule has 3 rings (SSSR count). The van der Waals surface area contributed by atoms with Crippen LogP contribution in [0, 0.1) is 6.92 Å². The standard InChI is InChI=1S/C12H15ClN4S/c1-8-11(13)9(16-15-8)7-17-5-2-3-10(17)12-14-4-6-18-12/h4,6,10H,2-3,5,7H2,1H3,(H,15,16). The molecule has 1 unspecified atom stereocenters. The number of aryl methyl sites for hydroxylation is 1. The molecule has 1 N–H and O–H groups in total. The normalized spacial score (nSPS) is 20.7. The lowest BCUT2D eigenvalue weighted by atomic mass is 10.2. The predicted octanol–water partition coefficient (Wildman–Crippen LogP) is 3.17. The Hall–Kier alpha value is -0.910. The average Bonchev–Trinajstić information content (AvgIpc) is 3.06. The molecule has 1 aliphatic heterocycles. The fourth-order valence-electron chi connectivity index (χ4n) is 2.46. The molecule has 1 fully saturated rings. The van der Waals surface area contributed by atoms with Crippen molar-refractivity contribution in [1.82, 2.24) is 20.1 Å². The third-order valence-electron chi connectivity index (χ3n) is 3.39. The van der Waals surface area contributed by atoms with Crippen LogP contribution in [0.15, 0.2) is 11.6 Å². The van der Waals surface area contributed by atoms with Crippen LogP contribution in [-0.4, -0.2) is 26.6 Å². The Balaban J connectivity index is 1.78. The van der Waals surface area contributed by atoms with Gasteiger partial charge in [-0.05, 0) is 26.3 Å². The van der Waals surface area contributed by atoms with Gasteiger partial charge in [-0.2, -0.15) is 5.10 Å². The molecule has 1 saturated heterocycles. The summed E-state index contributed by atoms with van der Waals surface area (Å²) in [7, 11) is 0. The summed E-state index contributed by atoms with van der Waals surface area (Å²) < 4.78 is 0. The molecule has 0 aromatic carbocycles. The van der Waals surface area contributed by atoms with Crippen LogP contribution in [0.3, 0.4) is 0 Å². The number of nitrogens with one attached hydrogen (secondary N) is 1. The molecular formula is C12H15ClN4S. The van der Waals surface area contributed by atoms with Crippen LogP contribution in [0.4, 0.5) is 0 Å². The van der Waals surface area contributed by atoms with Crippen molar-refractivity contribution in [3.05, 3.63) is 33.0 Å². The van der Waals surface area contributed by atoms with E-state index in [0.717, 1.165) is 29.5 Å². The first-order valence-electron chi connectivity index (χ1n) is 6.08. The van der Waals surface area contributed by atoms with Crippen LogP contribution in [0.25, 0.3) is 0 Å². The fraction of sp³-hybridized carbons (Fsp3) is 0.500.